The van der Waals surface area contributed by atoms with Crippen molar-refractivity contribution in [3.63, 3.8) is 0 Å². The van der Waals surface area contributed by atoms with E-state index in [1.54, 1.807) is 24.3 Å². The first-order valence-corrected chi connectivity index (χ1v) is 8.89. The lowest BCUT2D eigenvalue weighted by molar-refractivity contribution is -0.123. The number of amides is 2. The molecule has 0 atom stereocenters. The van der Waals surface area contributed by atoms with Gasteiger partial charge in [0, 0.05) is 5.56 Å². The molecule has 0 fully saturated rings. The zero-order valence-corrected chi connectivity index (χ0v) is 16.4. The highest BCUT2D eigenvalue weighted by atomic mass is 79.9. The summed E-state index contributed by atoms with van der Waals surface area (Å²) in [4.78, 5) is 23.9. The average Bonchev–Trinajstić information content (AvgIpc) is 2.59. The van der Waals surface area contributed by atoms with Gasteiger partial charge in [-0.25, -0.2) is 0 Å². The first-order valence-electron chi connectivity index (χ1n) is 8.10. The van der Waals surface area contributed by atoms with Crippen LogP contribution in [-0.2, 0) is 4.79 Å². The summed E-state index contributed by atoms with van der Waals surface area (Å²) in [5.74, 6) is 0.340. The van der Waals surface area contributed by atoms with Gasteiger partial charge in [0.25, 0.3) is 11.8 Å². The number of benzene rings is 2. The predicted octanol–water partition coefficient (Wildman–Crippen LogP) is 3.38. The van der Waals surface area contributed by atoms with Gasteiger partial charge in [-0.2, -0.15) is 0 Å². The van der Waals surface area contributed by atoms with E-state index in [4.69, 9.17) is 9.47 Å². The first kappa shape index (κ1) is 19.8. The molecule has 0 saturated carbocycles. The number of hydrogen-bond acceptors (Lipinski definition) is 4. The minimum Gasteiger partial charge on any atom is -0.490 e. The fourth-order valence-corrected chi connectivity index (χ4v) is 2.55. The van der Waals surface area contributed by atoms with Crippen LogP contribution in [0.4, 0.5) is 0 Å². The molecule has 6 nitrogen and oxygen atoms in total. The second-order valence-corrected chi connectivity index (χ2v) is 6.77. The normalized spacial score (nSPS) is 10.3. The van der Waals surface area contributed by atoms with E-state index < -0.39 is 11.8 Å². The van der Waals surface area contributed by atoms with Gasteiger partial charge in [-0.3, -0.25) is 20.4 Å². The van der Waals surface area contributed by atoms with Crippen molar-refractivity contribution >= 4 is 27.7 Å². The number of aryl methyl sites for hydroxylation is 1. The average molecular weight is 421 g/mol. The van der Waals surface area contributed by atoms with Crippen LogP contribution in [0.5, 0.6) is 11.5 Å². The van der Waals surface area contributed by atoms with Crippen LogP contribution in [0.3, 0.4) is 0 Å². The van der Waals surface area contributed by atoms with E-state index in [0.717, 1.165) is 5.56 Å². The van der Waals surface area contributed by atoms with Crippen LogP contribution < -0.4 is 20.3 Å². The minimum absolute atomic E-state index is 0.0265. The summed E-state index contributed by atoms with van der Waals surface area (Å²) in [7, 11) is 0. The molecule has 26 heavy (non-hydrogen) atoms. The predicted molar refractivity (Wildman–Crippen MR) is 102 cm³/mol. The molecule has 0 aromatic heterocycles. The number of hydrogen-bond donors (Lipinski definition) is 2. The van der Waals surface area contributed by atoms with E-state index in [9.17, 15) is 9.59 Å². The van der Waals surface area contributed by atoms with Gasteiger partial charge in [0.1, 0.15) is 11.5 Å². The van der Waals surface area contributed by atoms with E-state index in [2.05, 4.69) is 26.8 Å². The third-order valence-electron chi connectivity index (χ3n) is 3.23. The molecule has 0 heterocycles. The number of hydrazine groups is 1. The van der Waals surface area contributed by atoms with Gasteiger partial charge in [-0.05, 0) is 72.6 Å². The molecule has 0 unspecified atom stereocenters. The molecule has 2 rings (SSSR count). The Balaban J connectivity index is 1.84. The number of carbonyl (C=O) groups excluding carboxylic acids is 2. The number of ether oxygens (including phenoxy) is 2. The van der Waals surface area contributed by atoms with Crippen LogP contribution >= 0.6 is 15.9 Å². The quantitative estimate of drug-likeness (QED) is 0.702. The maximum Gasteiger partial charge on any atom is 0.276 e. The van der Waals surface area contributed by atoms with Crippen LogP contribution in [-0.4, -0.2) is 24.5 Å². The van der Waals surface area contributed by atoms with Gasteiger partial charge in [0.05, 0.1) is 10.6 Å². The van der Waals surface area contributed by atoms with Crippen molar-refractivity contribution < 1.29 is 19.1 Å². The topological polar surface area (TPSA) is 76.7 Å². The van der Waals surface area contributed by atoms with E-state index in [1.807, 2.05) is 39.0 Å². The molecule has 7 heteroatoms. The molecule has 0 spiro atoms. The third-order valence-corrected chi connectivity index (χ3v) is 3.85. The van der Waals surface area contributed by atoms with E-state index >= 15 is 0 Å². The molecule has 138 valence electrons. The Morgan fingerprint density at radius 3 is 2.54 bits per heavy atom. The standard InChI is InChI=1S/C19H21BrN2O4/c1-12(2)26-17-8-7-14(10-16(17)20)19(24)22-21-18(23)11-25-15-6-4-5-13(3)9-15/h4-10,12H,11H2,1-3H3,(H,21,23)(H,22,24). The summed E-state index contributed by atoms with van der Waals surface area (Å²) in [6, 6.07) is 12.3. The highest BCUT2D eigenvalue weighted by Gasteiger charge is 2.11. The molecular formula is C19H21BrN2O4. The van der Waals surface area contributed by atoms with Crippen molar-refractivity contribution in [1.29, 1.82) is 0 Å². The van der Waals surface area contributed by atoms with Crippen LogP contribution in [0.2, 0.25) is 0 Å². The summed E-state index contributed by atoms with van der Waals surface area (Å²) >= 11 is 3.37. The van der Waals surface area contributed by atoms with Crippen LogP contribution in [0.15, 0.2) is 46.9 Å². The number of carbonyl (C=O) groups is 2. The second-order valence-electron chi connectivity index (χ2n) is 5.92. The Morgan fingerprint density at radius 2 is 1.88 bits per heavy atom. The van der Waals surface area contributed by atoms with Crippen LogP contribution in [0.25, 0.3) is 0 Å². The molecule has 0 bridgehead atoms. The summed E-state index contributed by atoms with van der Waals surface area (Å²) in [6.07, 6.45) is 0.0265. The minimum atomic E-state index is -0.460. The van der Waals surface area contributed by atoms with Gasteiger partial charge < -0.3 is 9.47 Å². The zero-order valence-electron chi connectivity index (χ0n) is 14.8. The molecule has 2 aromatic rings. The van der Waals surface area contributed by atoms with Crippen molar-refractivity contribution in [3.8, 4) is 11.5 Å². The molecule has 0 aliphatic carbocycles. The van der Waals surface area contributed by atoms with Gasteiger partial charge in [-0.1, -0.05) is 12.1 Å². The Hall–Kier alpha value is -2.54. The lowest BCUT2D eigenvalue weighted by atomic mass is 10.2. The van der Waals surface area contributed by atoms with Crippen LogP contribution in [0.1, 0.15) is 29.8 Å². The number of rotatable bonds is 6. The first-order chi connectivity index (χ1) is 12.3. The van der Waals surface area contributed by atoms with Gasteiger partial charge in [-0.15, -0.1) is 0 Å². The molecule has 0 saturated heterocycles. The van der Waals surface area contributed by atoms with E-state index in [0.29, 0.717) is 21.5 Å². The summed E-state index contributed by atoms with van der Waals surface area (Å²) in [6.45, 7) is 5.57. The lowest BCUT2D eigenvalue weighted by Crippen LogP contribution is -2.43. The monoisotopic (exact) mass is 420 g/mol. The van der Waals surface area contributed by atoms with Crippen molar-refractivity contribution in [2.24, 2.45) is 0 Å². The zero-order chi connectivity index (χ0) is 19.1. The molecule has 0 radical (unpaired) electrons. The molecule has 2 N–H and O–H groups in total. The van der Waals surface area contributed by atoms with Crippen molar-refractivity contribution in [3.05, 3.63) is 58.1 Å². The largest absolute Gasteiger partial charge is 0.490 e. The smallest absolute Gasteiger partial charge is 0.276 e. The summed E-state index contributed by atoms with van der Waals surface area (Å²) in [5.41, 5.74) is 6.09. The molecular weight excluding hydrogens is 400 g/mol. The number of halogens is 1. The summed E-state index contributed by atoms with van der Waals surface area (Å²) < 4.78 is 11.6. The van der Waals surface area contributed by atoms with Crippen molar-refractivity contribution in [2.75, 3.05) is 6.61 Å². The van der Waals surface area contributed by atoms with Crippen molar-refractivity contribution in [2.45, 2.75) is 26.9 Å². The lowest BCUT2D eigenvalue weighted by Gasteiger charge is -2.13. The SMILES string of the molecule is Cc1cccc(OCC(=O)NNC(=O)c2ccc(OC(C)C)c(Br)c2)c1. The Bertz CT molecular complexity index is 793. The van der Waals surface area contributed by atoms with E-state index in [1.165, 1.54) is 0 Å². The molecule has 0 aliphatic heterocycles. The van der Waals surface area contributed by atoms with Crippen molar-refractivity contribution in [1.82, 2.24) is 10.9 Å². The molecule has 0 aliphatic rings. The van der Waals surface area contributed by atoms with Crippen LogP contribution in [0, 0.1) is 6.92 Å². The maximum absolute atomic E-state index is 12.1. The Morgan fingerprint density at radius 1 is 1.12 bits per heavy atom. The van der Waals surface area contributed by atoms with Gasteiger partial charge in [0.15, 0.2) is 6.61 Å². The fraction of sp³-hybridized carbons (Fsp3) is 0.263. The Kier molecular flexibility index (Phi) is 7.03. The number of nitrogens with one attached hydrogen (secondary N) is 2. The molecule has 2 aromatic carbocycles. The molecule has 2 amide bonds. The third kappa shape index (κ3) is 6.07. The summed E-state index contributed by atoms with van der Waals surface area (Å²) in [5, 5.41) is 0. The van der Waals surface area contributed by atoms with Gasteiger partial charge >= 0.3 is 0 Å². The van der Waals surface area contributed by atoms with E-state index in [-0.39, 0.29) is 12.7 Å². The highest BCUT2D eigenvalue weighted by molar-refractivity contribution is 9.10. The fourth-order valence-electron chi connectivity index (χ4n) is 2.08. The highest BCUT2D eigenvalue weighted by Crippen LogP contribution is 2.26. The Labute approximate surface area is 161 Å². The van der Waals surface area contributed by atoms with Gasteiger partial charge in [0.2, 0.25) is 0 Å². The maximum atomic E-state index is 12.1. The second kappa shape index (κ2) is 9.24.